The minimum Gasteiger partial charge on any atom is -0.322 e. The summed E-state index contributed by atoms with van der Waals surface area (Å²) in [4.78, 5) is 22.7. The van der Waals surface area contributed by atoms with Crippen molar-refractivity contribution < 1.29 is 18.1 Å². The van der Waals surface area contributed by atoms with Crippen molar-refractivity contribution in [3.8, 4) is 0 Å². The van der Waals surface area contributed by atoms with Crippen LogP contribution in [-0.4, -0.2) is 31.5 Å². The van der Waals surface area contributed by atoms with Crippen LogP contribution in [0.25, 0.3) is 0 Å². The SMILES string of the molecule is Cc1ccc(C(=O)Nc2ccc([N+](=O)[O-])cc2)cc1N1CCCCS1(=O)=O. The van der Waals surface area contributed by atoms with Gasteiger partial charge in [0.05, 0.1) is 16.4 Å². The molecule has 8 nitrogen and oxygen atoms in total. The van der Waals surface area contributed by atoms with E-state index in [4.69, 9.17) is 0 Å². The quantitative estimate of drug-likeness (QED) is 0.638. The summed E-state index contributed by atoms with van der Waals surface area (Å²) in [7, 11) is -3.38. The number of benzene rings is 2. The van der Waals surface area contributed by atoms with Gasteiger partial charge in [0.25, 0.3) is 11.6 Å². The Kier molecular flexibility index (Phi) is 5.13. The number of carbonyl (C=O) groups is 1. The van der Waals surface area contributed by atoms with Gasteiger partial charge in [-0.2, -0.15) is 0 Å². The summed E-state index contributed by atoms with van der Waals surface area (Å²) in [5.74, 6) is -0.314. The molecule has 1 N–H and O–H groups in total. The van der Waals surface area contributed by atoms with Crippen LogP contribution in [0.2, 0.25) is 0 Å². The van der Waals surface area contributed by atoms with Crippen LogP contribution in [0.15, 0.2) is 42.5 Å². The van der Waals surface area contributed by atoms with Crippen molar-refractivity contribution in [2.75, 3.05) is 21.9 Å². The zero-order valence-electron chi connectivity index (χ0n) is 14.7. The Hall–Kier alpha value is -2.94. The normalized spacial score (nSPS) is 16.0. The number of hydrogen-bond donors (Lipinski definition) is 1. The lowest BCUT2D eigenvalue weighted by Crippen LogP contribution is -2.38. The number of non-ortho nitro benzene ring substituents is 1. The number of nitro benzene ring substituents is 1. The number of sulfonamides is 1. The minimum atomic E-state index is -3.38. The summed E-state index contributed by atoms with van der Waals surface area (Å²) < 4.78 is 26.1. The molecule has 2 aromatic carbocycles. The van der Waals surface area contributed by atoms with E-state index in [0.29, 0.717) is 29.9 Å². The zero-order chi connectivity index (χ0) is 19.6. The minimum absolute atomic E-state index is 0.0686. The van der Waals surface area contributed by atoms with E-state index in [1.807, 2.05) is 0 Å². The Morgan fingerprint density at radius 3 is 2.48 bits per heavy atom. The van der Waals surface area contributed by atoms with E-state index in [1.54, 1.807) is 25.1 Å². The molecule has 1 amide bonds. The molecule has 1 fully saturated rings. The van der Waals surface area contributed by atoms with E-state index in [0.717, 1.165) is 12.0 Å². The van der Waals surface area contributed by atoms with Crippen LogP contribution in [0.1, 0.15) is 28.8 Å². The predicted octanol–water partition coefficient (Wildman–Crippen LogP) is 3.09. The first-order chi connectivity index (χ1) is 12.8. The van der Waals surface area contributed by atoms with Crippen molar-refractivity contribution in [2.24, 2.45) is 0 Å². The molecular formula is C18H19N3O5S. The van der Waals surface area contributed by atoms with Crippen LogP contribution in [-0.2, 0) is 10.0 Å². The fourth-order valence-electron chi connectivity index (χ4n) is 2.95. The van der Waals surface area contributed by atoms with Gasteiger partial charge in [-0.3, -0.25) is 19.2 Å². The second kappa shape index (κ2) is 7.36. The third-order valence-electron chi connectivity index (χ3n) is 4.43. The summed E-state index contributed by atoms with van der Waals surface area (Å²) in [5, 5.41) is 13.4. The van der Waals surface area contributed by atoms with Gasteiger partial charge in [0.1, 0.15) is 0 Å². The van der Waals surface area contributed by atoms with Gasteiger partial charge in [0.2, 0.25) is 10.0 Å². The monoisotopic (exact) mass is 389 g/mol. The second-order valence-electron chi connectivity index (χ2n) is 6.35. The third-order valence-corrected chi connectivity index (χ3v) is 6.28. The number of aryl methyl sites for hydroxylation is 1. The summed E-state index contributed by atoms with van der Waals surface area (Å²) in [5.41, 5.74) is 1.94. The van der Waals surface area contributed by atoms with Crippen LogP contribution in [0.3, 0.4) is 0 Å². The van der Waals surface area contributed by atoms with E-state index in [2.05, 4.69) is 5.32 Å². The number of amides is 1. The van der Waals surface area contributed by atoms with Gasteiger partial charge in [-0.1, -0.05) is 6.07 Å². The fourth-order valence-corrected chi connectivity index (χ4v) is 4.64. The standard InChI is InChI=1S/C18H19N3O5S/c1-13-4-5-14(12-17(13)20-10-2-3-11-27(20,25)26)18(22)19-15-6-8-16(9-7-15)21(23)24/h4-9,12H,2-3,10-11H2,1H3,(H,19,22). The summed E-state index contributed by atoms with van der Waals surface area (Å²) in [6.07, 6.45) is 1.41. The molecule has 27 heavy (non-hydrogen) atoms. The van der Waals surface area contributed by atoms with Crippen molar-refractivity contribution in [1.29, 1.82) is 0 Å². The molecule has 3 rings (SSSR count). The highest BCUT2D eigenvalue weighted by molar-refractivity contribution is 7.92. The van der Waals surface area contributed by atoms with Gasteiger partial charge in [0.15, 0.2) is 0 Å². The molecule has 0 radical (unpaired) electrons. The fraction of sp³-hybridized carbons (Fsp3) is 0.278. The number of carbonyl (C=O) groups excluding carboxylic acids is 1. The molecule has 1 aliphatic rings. The number of nitro groups is 1. The van der Waals surface area contributed by atoms with Gasteiger partial charge in [-0.25, -0.2) is 8.42 Å². The molecule has 9 heteroatoms. The van der Waals surface area contributed by atoms with Gasteiger partial charge in [0, 0.05) is 29.9 Å². The molecule has 1 aliphatic heterocycles. The summed E-state index contributed by atoms with van der Waals surface area (Å²) in [6, 6.07) is 10.4. The van der Waals surface area contributed by atoms with Crippen molar-refractivity contribution in [3.05, 3.63) is 63.7 Å². The molecule has 0 atom stereocenters. The van der Waals surface area contributed by atoms with Crippen molar-refractivity contribution in [2.45, 2.75) is 19.8 Å². The average Bonchev–Trinajstić information content (AvgIpc) is 2.62. The Morgan fingerprint density at radius 1 is 1.15 bits per heavy atom. The zero-order valence-corrected chi connectivity index (χ0v) is 15.5. The van der Waals surface area contributed by atoms with Crippen molar-refractivity contribution in [1.82, 2.24) is 0 Å². The van der Waals surface area contributed by atoms with E-state index in [-0.39, 0.29) is 11.4 Å². The molecule has 0 spiro atoms. The number of nitrogens with zero attached hydrogens (tertiary/aromatic N) is 2. The molecule has 1 heterocycles. The van der Waals surface area contributed by atoms with Crippen LogP contribution >= 0.6 is 0 Å². The summed E-state index contributed by atoms with van der Waals surface area (Å²) >= 11 is 0. The molecule has 1 saturated heterocycles. The first-order valence-electron chi connectivity index (χ1n) is 8.45. The Balaban J connectivity index is 1.84. The lowest BCUT2D eigenvalue weighted by Gasteiger charge is -2.29. The smallest absolute Gasteiger partial charge is 0.269 e. The number of hydrogen-bond acceptors (Lipinski definition) is 5. The van der Waals surface area contributed by atoms with Gasteiger partial charge in [-0.05, 0) is 49.6 Å². The van der Waals surface area contributed by atoms with Gasteiger partial charge >= 0.3 is 0 Å². The second-order valence-corrected chi connectivity index (χ2v) is 8.37. The molecule has 0 aromatic heterocycles. The van der Waals surface area contributed by atoms with Crippen LogP contribution in [0.5, 0.6) is 0 Å². The maximum Gasteiger partial charge on any atom is 0.269 e. The lowest BCUT2D eigenvalue weighted by molar-refractivity contribution is -0.384. The summed E-state index contributed by atoms with van der Waals surface area (Å²) in [6.45, 7) is 2.20. The molecule has 2 aromatic rings. The number of rotatable bonds is 4. The lowest BCUT2D eigenvalue weighted by atomic mass is 10.1. The predicted molar refractivity (Wildman–Crippen MR) is 103 cm³/mol. The molecule has 142 valence electrons. The van der Waals surface area contributed by atoms with Crippen molar-refractivity contribution >= 4 is 33.0 Å². The third kappa shape index (κ3) is 4.08. The first kappa shape index (κ1) is 18.8. The highest BCUT2D eigenvalue weighted by Crippen LogP contribution is 2.28. The molecule has 0 saturated carbocycles. The maximum atomic E-state index is 12.5. The van der Waals surface area contributed by atoms with E-state index in [9.17, 15) is 23.3 Å². The highest BCUT2D eigenvalue weighted by atomic mass is 32.2. The van der Waals surface area contributed by atoms with Gasteiger partial charge < -0.3 is 5.32 Å². The van der Waals surface area contributed by atoms with E-state index < -0.39 is 20.9 Å². The van der Waals surface area contributed by atoms with Gasteiger partial charge in [-0.15, -0.1) is 0 Å². The van der Waals surface area contributed by atoms with Crippen molar-refractivity contribution in [3.63, 3.8) is 0 Å². The van der Waals surface area contributed by atoms with E-state index >= 15 is 0 Å². The number of nitrogens with one attached hydrogen (secondary N) is 1. The first-order valence-corrected chi connectivity index (χ1v) is 10.1. The van der Waals surface area contributed by atoms with Crippen LogP contribution in [0, 0.1) is 17.0 Å². The Morgan fingerprint density at radius 2 is 1.85 bits per heavy atom. The van der Waals surface area contributed by atoms with E-state index in [1.165, 1.54) is 28.6 Å². The average molecular weight is 389 g/mol. The molecule has 0 bridgehead atoms. The van der Waals surface area contributed by atoms with Crippen LogP contribution < -0.4 is 9.62 Å². The van der Waals surface area contributed by atoms with Crippen LogP contribution in [0.4, 0.5) is 17.1 Å². The Bertz CT molecular complexity index is 987. The molecular weight excluding hydrogens is 370 g/mol. The Labute approximate surface area is 157 Å². The topological polar surface area (TPSA) is 110 Å². The highest BCUT2D eigenvalue weighted by Gasteiger charge is 2.27. The largest absolute Gasteiger partial charge is 0.322 e. The number of anilines is 2. The molecule has 0 aliphatic carbocycles. The maximum absolute atomic E-state index is 12.5. The molecule has 0 unspecified atom stereocenters.